The van der Waals surface area contributed by atoms with Crippen molar-refractivity contribution in [2.45, 2.75) is 6.18 Å². The van der Waals surface area contributed by atoms with Gasteiger partial charge in [-0.05, 0) is 6.07 Å². The minimum absolute atomic E-state index is 0.197. The highest BCUT2D eigenvalue weighted by Gasteiger charge is 2.37. The van der Waals surface area contributed by atoms with Gasteiger partial charge in [0.1, 0.15) is 11.6 Å². The quantitative estimate of drug-likeness (QED) is 0.799. The van der Waals surface area contributed by atoms with Gasteiger partial charge in [0.05, 0.1) is 18.2 Å². The Hall–Kier alpha value is -1.79. The maximum Gasteiger partial charge on any atom is 0.417 e. The fraction of sp³-hybridized carbons (Fsp3) is 0.222. The monoisotopic (exact) mass is 237 g/mol. The van der Waals surface area contributed by atoms with Gasteiger partial charge in [-0.15, -0.1) is 0 Å². The molecule has 3 nitrogen and oxygen atoms in total. The molecular formula is C9H7F4NO2. The van der Waals surface area contributed by atoms with Gasteiger partial charge in [0.25, 0.3) is 5.91 Å². The predicted molar refractivity (Wildman–Crippen MR) is 46.5 cm³/mol. The van der Waals surface area contributed by atoms with Crippen LogP contribution in [0.25, 0.3) is 0 Å². The molecule has 7 heteroatoms. The summed E-state index contributed by atoms with van der Waals surface area (Å²) in [6, 6.07) is 0.859. The van der Waals surface area contributed by atoms with Gasteiger partial charge in [0.2, 0.25) is 0 Å². The number of hydrogen-bond donors (Lipinski definition) is 1. The summed E-state index contributed by atoms with van der Waals surface area (Å²) >= 11 is 0. The van der Waals surface area contributed by atoms with Crippen LogP contribution in [-0.2, 0) is 6.18 Å². The zero-order valence-electron chi connectivity index (χ0n) is 8.06. The molecular weight excluding hydrogens is 230 g/mol. The summed E-state index contributed by atoms with van der Waals surface area (Å²) in [5, 5.41) is 0. The van der Waals surface area contributed by atoms with E-state index in [2.05, 4.69) is 4.74 Å². The lowest BCUT2D eigenvalue weighted by atomic mass is 10.0. The van der Waals surface area contributed by atoms with Crippen LogP contribution >= 0.6 is 0 Å². The second-order valence-corrected chi connectivity index (χ2v) is 2.89. The molecule has 1 amide bonds. The van der Waals surface area contributed by atoms with E-state index in [1.54, 1.807) is 0 Å². The van der Waals surface area contributed by atoms with Crippen LogP contribution < -0.4 is 10.5 Å². The van der Waals surface area contributed by atoms with E-state index < -0.39 is 34.8 Å². The first-order valence-corrected chi connectivity index (χ1v) is 4.02. The Morgan fingerprint density at radius 2 is 1.94 bits per heavy atom. The first-order valence-electron chi connectivity index (χ1n) is 4.02. The summed E-state index contributed by atoms with van der Waals surface area (Å²) < 4.78 is 54.8. The Morgan fingerprint density at radius 1 is 1.38 bits per heavy atom. The van der Waals surface area contributed by atoms with Gasteiger partial charge < -0.3 is 10.5 Å². The number of primary amides is 1. The number of methoxy groups -OCH3 is 1. The molecule has 0 aromatic heterocycles. The molecule has 1 rings (SSSR count). The molecule has 2 N–H and O–H groups in total. The topological polar surface area (TPSA) is 52.3 Å². The molecule has 0 unspecified atom stereocenters. The molecule has 0 aliphatic rings. The third-order valence-electron chi connectivity index (χ3n) is 1.84. The molecule has 0 radical (unpaired) electrons. The number of carbonyl (C=O) groups is 1. The lowest BCUT2D eigenvalue weighted by Gasteiger charge is -2.13. The normalized spacial score (nSPS) is 11.3. The van der Waals surface area contributed by atoms with Crippen molar-refractivity contribution < 1.29 is 27.1 Å². The molecule has 0 fully saturated rings. The van der Waals surface area contributed by atoms with Crippen molar-refractivity contribution in [3.63, 3.8) is 0 Å². The summed E-state index contributed by atoms with van der Waals surface area (Å²) in [7, 11) is 1.02. The number of hydrogen-bond acceptors (Lipinski definition) is 2. The number of amides is 1. The summed E-state index contributed by atoms with van der Waals surface area (Å²) in [5.41, 5.74) is 2.47. The molecule has 0 aliphatic carbocycles. The van der Waals surface area contributed by atoms with Crippen molar-refractivity contribution in [3.05, 3.63) is 29.1 Å². The van der Waals surface area contributed by atoms with Crippen LogP contribution in [0.1, 0.15) is 15.9 Å². The summed E-state index contributed by atoms with van der Waals surface area (Å²) in [6.07, 6.45) is -4.88. The lowest BCUT2D eigenvalue weighted by Crippen LogP contribution is -2.20. The number of alkyl halides is 3. The highest BCUT2D eigenvalue weighted by Crippen LogP contribution is 2.36. The second-order valence-electron chi connectivity index (χ2n) is 2.89. The van der Waals surface area contributed by atoms with Crippen LogP contribution in [-0.4, -0.2) is 13.0 Å². The molecule has 1 aromatic carbocycles. The second kappa shape index (κ2) is 3.99. The van der Waals surface area contributed by atoms with Crippen molar-refractivity contribution in [1.29, 1.82) is 0 Å². The highest BCUT2D eigenvalue weighted by atomic mass is 19.4. The maximum absolute atomic E-state index is 12.9. The van der Waals surface area contributed by atoms with Gasteiger partial charge in [-0.25, -0.2) is 4.39 Å². The van der Waals surface area contributed by atoms with Crippen molar-refractivity contribution in [1.82, 2.24) is 0 Å². The van der Waals surface area contributed by atoms with E-state index in [1.165, 1.54) is 0 Å². The minimum atomic E-state index is -4.88. The average molecular weight is 237 g/mol. The Labute approximate surface area is 87.8 Å². The van der Waals surface area contributed by atoms with Crippen LogP contribution in [0.4, 0.5) is 17.6 Å². The Morgan fingerprint density at radius 3 is 2.31 bits per heavy atom. The SMILES string of the molecule is COc1cc(F)cc(C(F)(F)F)c1C(N)=O. The standard InChI is InChI=1S/C9H7F4NO2/c1-16-6-3-4(10)2-5(9(11,12)13)7(6)8(14)15/h2-3H,1H3,(H2,14,15). The van der Waals surface area contributed by atoms with Crippen LogP contribution in [0.5, 0.6) is 5.75 Å². The third kappa shape index (κ3) is 2.23. The van der Waals surface area contributed by atoms with Crippen LogP contribution in [0.15, 0.2) is 12.1 Å². The largest absolute Gasteiger partial charge is 0.496 e. The number of benzene rings is 1. The van der Waals surface area contributed by atoms with Crippen molar-refractivity contribution in [3.8, 4) is 5.75 Å². The van der Waals surface area contributed by atoms with E-state index >= 15 is 0 Å². The minimum Gasteiger partial charge on any atom is -0.496 e. The van der Waals surface area contributed by atoms with Gasteiger partial charge in [-0.3, -0.25) is 4.79 Å². The molecule has 0 heterocycles. The smallest absolute Gasteiger partial charge is 0.417 e. The predicted octanol–water partition coefficient (Wildman–Crippen LogP) is 1.95. The van der Waals surface area contributed by atoms with E-state index in [-0.39, 0.29) is 6.07 Å². The fourth-order valence-corrected chi connectivity index (χ4v) is 1.22. The van der Waals surface area contributed by atoms with E-state index in [4.69, 9.17) is 5.73 Å². The van der Waals surface area contributed by atoms with Crippen LogP contribution in [0.2, 0.25) is 0 Å². The highest BCUT2D eigenvalue weighted by molar-refractivity contribution is 5.97. The zero-order chi connectivity index (χ0) is 12.5. The molecule has 1 aromatic rings. The first kappa shape index (κ1) is 12.3. The fourth-order valence-electron chi connectivity index (χ4n) is 1.22. The van der Waals surface area contributed by atoms with E-state index in [9.17, 15) is 22.4 Å². The maximum atomic E-state index is 12.9. The van der Waals surface area contributed by atoms with E-state index in [1.807, 2.05) is 0 Å². The lowest BCUT2D eigenvalue weighted by molar-refractivity contribution is -0.138. The number of nitrogens with two attached hydrogens (primary N) is 1. The van der Waals surface area contributed by atoms with Gasteiger partial charge in [-0.2, -0.15) is 13.2 Å². The molecule has 0 spiro atoms. The first-order chi connectivity index (χ1) is 7.27. The summed E-state index contributed by atoms with van der Waals surface area (Å²) in [5.74, 6) is -3.03. The van der Waals surface area contributed by atoms with Gasteiger partial charge in [0, 0.05) is 6.07 Å². The van der Waals surface area contributed by atoms with E-state index in [0.29, 0.717) is 6.07 Å². The zero-order valence-corrected chi connectivity index (χ0v) is 8.06. The van der Waals surface area contributed by atoms with E-state index in [0.717, 1.165) is 7.11 Å². The molecule has 0 atom stereocenters. The molecule has 0 saturated heterocycles. The Kier molecular flexibility index (Phi) is 3.06. The average Bonchev–Trinajstić information content (AvgIpc) is 2.14. The molecule has 88 valence electrons. The third-order valence-corrected chi connectivity index (χ3v) is 1.84. The summed E-state index contributed by atoms with van der Waals surface area (Å²) in [4.78, 5) is 10.9. The van der Waals surface area contributed by atoms with Crippen LogP contribution in [0.3, 0.4) is 0 Å². The Bertz CT molecular complexity index is 428. The van der Waals surface area contributed by atoms with Crippen LogP contribution in [0, 0.1) is 5.82 Å². The number of rotatable bonds is 2. The van der Waals surface area contributed by atoms with Gasteiger partial charge in [0.15, 0.2) is 0 Å². The number of ether oxygens (including phenoxy) is 1. The van der Waals surface area contributed by atoms with Gasteiger partial charge in [-0.1, -0.05) is 0 Å². The number of halogens is 4. The molecule has 0 saturated carbocycles. The number of carbonyl (C=O) groups excluding carboxylic acids is 1. The molecule has 0 bridgehead atoms. The van der Waals surface area contributed by atoms with Crippen molar-refractivity contribution in [2.75, 3.05) is 7.11 Å². The summed E-state index contributed by atoms with van der Waals surface area (Å²) in [6.45, 7) is 0. The Balaban J connectivity index is 3.57. The van der Waals surface area contributed by atoms with Gasteiger partial charge >= 0.3 is 6.18 Å². The molecule has 0 aliphatic heterocycles. The van der Waals surface area contributed by atoms with Crippen molar-refractivity contribution in [2.24, 2.45) is 5.73 Å². The van der Waals surface area contributed by atoms with Crippen molar-refractivity contribution >= 4 is 5.91 Å². The molecule has 16 heavy (non-hydrogen) atoms.